The molecule has 2 aliphatic rings. The summed E-state index contributed by atoms with van der Waals surface area (Å²) in [6.07, 6.45) is 0.535. The van der Waals surface area contributed by atoms with Gasteiger partial charge in [0, 0.05) is 0 Å². The number of nitrogens with zero attached hydrogens (tertiary/aromatic N) is 1. The summed E-state index contributed by atoms with van der Waals surface area (Å²) in [5, 5.41) is 21.3. The maximum Gasteiger partial charge on any atom is 0.407 e. The van der Waals surface area contributed by atoms with Gasteiger partial charge in [-0.25, -0.2) is 4.79 Å². The molecule has 1 saturated heterocycles. The second kappa shape index (κ2) is 7.09. The van der Waals surface area contributed by atoms with Crippen LogP contribution in [-0.2, 0) is 20.7 Å². The SMILES string of the molecule is N#CC1=C(O)C(=O)NC1=O.O=C1N[C@@H](Cc2ccccc2)CO1. The van der Waals surface area contributed by atoms with E-state index in [-0.39, 0.29) is 12.1 Å². The standard InChI is InChI=1S/C10H11NO2.C5H2N2O3/c12-10-11-9(7-13-10)6-8-4-2-1-3-5-8;6-1-2-3(8)5(10)7-4(2)9/h1-5,9H,6-7H2,(H,11,12);(H2,7,8,9,10)/t9-;/m0./s1. The van der Waals surface area contributed by atoms with E-state index in [0.29, 0.717) is 6.61 Å². The summed E-state index contributed by atoms with van der Waals surface area (Å²) >= 11 is 0. The first kappa shape index (κ1) is 16.0. The van der Waals surface area contributed by atoms with E-state index in [1.807, 2.05) is 30.3 Å². The molecule has 0 saturated carbocycles. The number of benzene rings is 1. The average molecular weight is 315 g/mol. The molecule has 1 aromatic rings. The zero-order valence-electron chi connectivity index (χ0n) is 11.9. The first-order valence-corrected chi connectivity index (χ1v) is 6.67. The Balaban J connectivity index is 0.000000174. The lowest BCUT2D eigenvalue weighted by atomic mass is 10.1. The molecule has 3 rings (SSSR count). The summed E-state index contributed by atoms with van der Waals surface area (Å²) < 4.78 is 4.79. The summed E-state index contributed by atoms with van der Waals surface area (Å²) in [4.78, 5) is 31.5. The number of ether oxygens (including phenoxy) is 1. The molecule has 2 aliphatic heterocycles. The van der Waals surface area contributed by atoms with Crippen molar-refractivity contribution in [2.45, 2.75) is 12.5 Å². The lowest BCUT2D eigenvalue weighted by Crippen LogP contribution is -2.28. The highest BCUT2D eigenvalue weighted by Gasteiger charge is 2.29. The number of imide groups is 1. The molecule has 0 aliphatic carbocycles. The number of aliphatic hydroxyl groups is 1. The number of nitriles is 1. The van der Waals surface area contributed by atoms with Crippen LogP contribution in [0.25, 0.3) is 0 Å². The van der Waals surface area contributed by atoms with Crippen LogP contribution < -0.4 is 10.6 Å². The number of cyclic esters (lactones) is 1. The monoisotopic (exact) mass is 315 g/mol. The highest BCUT2D eigenvalue weighted by atomic mass is 16.6. The lowest BCUT2D eigenvalue weighted by Gasteiger charge is -2.05. The molecule has 8 nitrogen and oxygen atoms in total. The lowest BCUT2D eigenvalue weighted by molar-refractivity contribution is -0.125. The van der Waals surface area contributed by atoms with Gasteiger partial charge in [0.2, 0.25) is 5.76 Å². The van der Waals surface area contributed by atoms with E-state index in [1.54, 1.807) is 5.32 Å². The van der Waals surface area contributed by atoms with Gasteiger partial charge < -0.3 is 15.2 Å². The molecular weight excluding hydrogens is 302 g/mol. The second-order valence-corrected chi connectivity index (χ2v) is 4.75. The molecule has 0 radical (unpaired) electrons. The van der Waals surface area contributed by atoms with Gasteiger partial charge in [0.15, 0.2) is 5.57 Å². The number of carbonyl (C=O) groups excluding carboxylic acids is 3. The van der Waals surface area contributed by atoms with Crippen LogP contribution in [0.15, 0.2) is 41.7 Å². The molecule has 2 heterocycles. The smallest absolute Gasteiger partial charge is 0.407 e. The molecule has 3 amide bonds. The zero-order valence-corrected chi connectivity index (χ0v) is 11.9. The van der Waals surface area contributed by atoms with Crippen LogP contribution in [-0.4, -0.2) is 35.7 Å². The van der Waals surface area contributed by atoms with Crippen molar-refractivity contribution in [2.24, 2.45) is 0 Å². The Morgan fingerprint density at radius 1 is 1.22 bits per heavy atom. The Morgan fingerprint density at radius 2 is 1.91 bits per heavy atom. The minimum absolute atomic E-state index is 0.134. The molecule has 23 heavy (non-hydrogen) atoms. The molecule has 0 spiro atoms. The third-order valence-electron chi connectivity index (χ3n) is 3.08. The summed E-state index contributed by atoms with van der Waals surface area (Å²) in [5.41, 5.74) is 0.698. The Kier molecular flexibility index (Phi) is 4.94. The molecule has 1 fully saturated rings. The number of nitrogens with one attached hydrogen (secondary N) is 2. The van der Waals surface area contributed by atoms with E-state index in [2.05, 4.69) is 5.32 Å². The van der Waals surface area contributed by atoms with Crippen molar-refractivity contribution in [1.29, 1.82) is 5.26 Å². The maximum absolute atomic E-state index is 10.7. The Morgan fingerprint density at radius 3 is 2.35 bits per heavy atom. The van der Waals surface area contributed by atoms with Gasteiger partial charge in [0.05, 0.1) is 6.04 Å². The van der Waals surface area contributed by atoms with Gasteiger partial charge >= 0.3 is 6.09 Å². The van der Waals surface area contributed by atoms with Gasteiger partial charge in [0.25, 0.3) is 11.8 Å². The fourth-order valence-electron chi connectivity index (χ4n) is 1.98. The first-order chi connectivity index (χ1) is 11.0. The van der Waals surface area contributed by atoms with Gasteiger partial charge in [-0.3, -0.25) is 14.9 Å². The molecule has 0 unspecified atom stereocenters. The van der Waals surface area contributed by atoms with Crippen LogP contribution in [0.1, 0.15) is 5.56 Å². The van der Waals surface area contributed by atoms with Gasteiger partial charge in [-0.2, -0.15) is 5.26 Å². The van der Waals surface area contributed by atoms with E-state index in [4.69, 9.17) is 15.1 Å². The summed E-state index contributed by atoms with van der Waals surface area (Å²) in [5.74, 6) is -2.56. The molecule has 1 atom stereocenters. The van der Waals surface area contributed by atoms with Crippen molar-refractivity contribution in [2.75, 3.05) is 6.61 Å². The predicted molar refractivity (Wildman–Crippen MR) is 76.8 cm³/mol. The topological polar surface area (TPSA) is 129 Å². The molecule has 1 aromatic carbocycles. The second-order valence-electron chi connectivity index (χ2n) is 4.75. The molecule has 8 heteroatoms. The van der Waals surface area contributed by atoms with E-state index < -0.39 is 23.1 Å². The number of hydrogen-bond acceptors (Lipinski definition) is 6. The van der Waals surface area contributed by atoms with Crippen molar-refractivity contribution >= 4 is 17.9 Å². The fourth-order valence-corrected chi connectivity index (χ4v) is 1.98. The number of aliphatic hydroxyl groups excluding tert-OH is 1. The summed E-state index contributed by atoms with van der Waals surface area (Å²) in [6.45, 7) is 0.480. The molecular formula is C15H13N3O5. The number of carbonyl (C=O) groups is 3. The Labute approximate surface area is 131 Å². The zero-order chi connectivity index (χ0) is 16.8. The normalized spacial score (nSPS) is 19.3. The van der Waals surface area contributed by atoms with Crippen LogP contribution in [0.3, 0.4) is 0 Å². The Bertz CT molecular complexity index is 706. The summed E-state index contributed by atoms with van der Waals surface area (Å²) in [7, 11) is 0. The van der Waals surface area contributed by atoms with Gasteiger partial charge in [-0.1, -0.05) is 30.3 Å². The van der Waals surface area contributed by atoms with Gasteiger partial charge in [-0.15, -0.1) is 0 Å². The highest BCUT2D eigenvalue weighted by molar-refractivity contribution is 6.20. The van der Waals surface area contributed by atoms with Crippen LogP contribution in [0, 0.1) is 11.3 Å². The fraction of sp³-hybridized carbons (Fsp3) is 0.200. The van der Waals surface area contributed by atoms with Gasteiger partial charge in [-0.05, 0) is 12.0 Å². The van der Waals surface area contributed by atoms with E-state index in [9.17, 15) is 14.4 Å². The van der Waals surface area contributed by atoms with E-state index in [0.717, 1.165) is 6.42 Å². The van der Waals surface area contributed by atoms with Crippen LogP contribution in [0.2, 0.25) is 0 Å². The predicted octanol–water partition coefficient (Wildman–Crippen LogP) is 0.316. The third-order valence-corrected chi connectivity index (χ3v) is 3.08. The number of amides is 3. The number of alkyl carbamates (subject to hydrolysis) is 1. The number of hydrogen-bond donors (Lipinski definition) is 3. The minimum Gasteiger partial charge on any atom is -0.502 e. The minimum atomic E-state index is -0.915. The van der Waals surface area contributed by atoms with Crippen molar-refractivity contribution in [3.05, 3.63) is 47.2 Å². The van der Waals surface area contributed by atoms with Crippen molar-refractivity contribution < 1.29 is 24.2 Å². The molecule has 118 valence electrons. The number of rotatable bonds is 2. The average Bonchev–Trinajstić information content (AvgIpc) is 3.04. The van der Waals surface area contributed by atoms with E-state index in [1.165, 1.54) is 11.6 Å². The van der Waals surface area contributed by atoms with Crippen molar-refractivity contribution in [1.82, 2.24) is 10.6 Å². The first-order valence-electron chi connectivity index (χ1n) is 6.67. The molecule has 3 N–H and O–H groups in total. The van der Waals surface area contributed by atoms with Gasteiger partial charge in [0.1, 0.15) is 12.7 Å². The third kappa shape index (κ3) is 4.07. The van der Waals surface area contributed by atoms with E-state index >= 15 is 0 Å². The van der Waals surface area contributed by atoms with Crippen LogP contribution in [0.5, 0.6) is 0 Å². The van der Waals surface area contributed by atoms with Crippen LogP contribution >= 0.6 is 0 Å². The Hall–Kier alpha value is -3.34. The maximum atomic E-state index is 10.7. The quantitative estimate of drug-likeness (QED) is 0.674. The summed E-state index contributed by atoms with van der Waals surface area (Å²) in [6, 6.07) is 11.6. The molecule has 0 bridgehead atoms. The largest absolute Gasteiger partial charge is 0.502 e. The highest BCUT2D eigenvalue weighted by Crippen LogP contribution is 2.07. The molecule has 0 aromatic heterocycles. The van der Waals surface area contributed by atoms with Crippen molar-refractivity contribution in [3.8, 4) is 6.07 Å². The van der Waals surface area contributed by atoms with Crippen LogP contribution in [0.4, 0.5) is 4.79 Å². The van der Waals surface area contributed by atoms with Crippen molar-refractivity contribution in [3.63, 3.8) is 0 Å².